The maximum absolute atomic E-state index is 11.1. The van der Waals surface area contributed by atoms with Gasteiger partial charge in [0.05, 0.1) is 0 Å². The average Bonchev–Trinajstić information content (AvgIpc) is 3.15. The molecule has 0 saturated heterocycles. The lowest BCUT2D eigenvalue weighted by atomic mass is 9.59. The molecule has 34 heavy (non-hydrogen) atoms. The Hall–Kier alpha value is -0.530. The molecule has 0 aromatic carbocycles. The summed E-state index contributed by atoms with van der Waals surface area (Å²) >= 11 is 0. The Labute approximate surface area is 215 Å². The SMILES string of the molecule is CC.CC.CCCC1(C)C(C(C)C[C@H](CC)C2CCCCC2(C)C)CCC1[C@H](C)CCC(=O)O. The summed E-state index contributed by atoms with van der Waals surface area (Å²) < 4.78 is 0. The second kappa shape index (κ2) is 16.3. The molecule has 2 aliphatic carbocycles. The van der Waals surface area contributed by atoms with Gasteiger partial charge in [-0.3, -0.25) is 4.79 Å². The van der Waals surface area contributed by atoms with Crippen LogP contribution in [-0.2, 0) is 4.79 Å². The molecule has 2 fully saturated rings. The summed E-state index contributed by atoms with van der Waals surface area (Å²) in [7, 11) is 0. The first-order valence-corrected chi connectivity index (χ1v) is 15.3. The van der Waals surface area contributed by atoms with Gasteiger partial charge in [0.1, 0.15) is 0 Å². The highest BCUT2D eigenvalue weighted by molar-refractivity contribution is 5.66. The molecule has 0 aromatic rings. The number of hydrogen-bond acceptors (Lipinski definition) is 1. The molecule has 0 heterocycles. The molecule has 0 spiro atoms. The topological polar surface area (TPSA) is 37.3 Å². The van der Waals surface area contributed by atoms with E-state index >= 15 is 0 Å². The van der Waals surface area contributed by atoms with Crippen LogP contribution in [0.2, 0.25) is 0 Å². The minimum Gasteiger partial charge on any atom is -0.481 e. The van der Waals surface area contributed by atoms with E-state index in [4.69, 9.17) is 0 Å². The molecule has 1 N–H and O–H groups in total. The first kappa shape index (κ1) is 33.5. The van der Waals surface area contributed by atoms with Gasteiger partial charge in [-0.25, -0.2) is 0 Å². The smallest absolute Gasteiger partial charge is 0.303 e. The van der Waals surface area contributed by atoms with Crippen molar-refractivity contribution < 1.29 is 9.90 Å². The molecular weight excluding hydrogens is 416 g/mol. The van der Waals surface area contributed by atoms with Gasteiger partial charge < -0.3 is 5.11 Å². The fraction of sp³-hybridized carbons (Fsp3) is 0.969. The zero-order valence-corrected chi connectivity index (χ0v) is 25.3. The summed E-state index contributed by atoms with van der Waals surface area (Å²) in [5.74, 6) is 3.91. The van der Waals surface area contributed by atoms with Gasteiger partial charge in [0.15, 0.2) is 0 Å². The quantitative estimate of drug-likeness (QED) is 0.319. The molecule has 0 aliphatic heterocycles. The number of carbonyl (C=O) groups is 1. The maximum atomic E-state index is 11.1. The largest absolute Gasteiger partial charge is 0.481 e. The van der Waals surface area contributed by atoms with Crippen LogP contribution in [0.1, 0.15) is 153 Å². The summed E-state index contributed by atoms with van der Waals surface area (Å²) in [6, 6.07) is 0. The molecule has 2 rings (SSSR count). The Bertz CT molecular complexity index is 539. The van der Waals surface area contributed by atoms with Crippen molar-refractivity contribution in [2.75, 3.05) is 0 Å². The van der Waals surface area contributed by atoms with Crippen LogP contribution in [0.15, 0.2) is 0 Å². The summed E-state index contributed by atoms with van der Waals surface area (Å²) in [6.45, 7) is 25.3. The van der Waals surface area contributed by atoms with Crippen LogP contribution >= 0.6 is 0 Å². The van der Waals surface area contributed by atoms with E-state index in [1.807, 2.05) is 27.7 Å². The average molecular weight is 481 g/mol. The summed E-state index contributed by atoms with van der Waals surface area (Å²) in [6.07, 6.45) is 14.8. The molecule has 0 amide bonds. The third-order valence-corrected chi connectivity index (χ3v) is 9.82. The van der Waals surface area contributed by atoms with Gasteiger partial charge in [-0.05, 0) is 91.3 Å². The Morgan fingerprint density at radius 1 is 0.882 bits per heavy atom. The third kappa shape index (κ3) is 8.85. The van der Waals surface area contributed by atoms with E-state index in [2.05, 4.69) is 48.5 Å². The van der Waals surface area contributed by atoms with E-state index in [-0.39, 0.29) is 0 Å². The van der Waals surface area contributed by atoms with Gasteiger partial charge in [-0.15, -0.1) is 0 Å². The number of hydrogen-bond donors (Lipinski definition) is 1. The first-order valence-electron chi connectivity index (χ1n) is 15.3. The van der Waals surface area contributed by atoms with Crippen LogP contribution in [0.25, 0.3) is 0 Å². The molecule has 2 heteroatoms. The van der Waals surface area contributed by atoms with Crippen molar-refractivity contribution in [3.8, 4) is 0 Å². The predicted octanol–water partition coefficient (Wildman–Crippen LogP) is 10.6. The van der Waals surface area contributed by atoms with Gasteiger partial charge in [-0.2, -0.15) is 0 Å². The van der Waals surface area contributed by atoms with Crippen LogP contribution < -0.4 is 0 Å². The van der Waals surface area contributed by atoms with Crippen molar-refractivity contribution >= 4 is 5.97 Å². The monoisotopic (exact) mass is 480 g/mol. The van der Waals surface area contributed by atoms with E-state index in [9.17, 15) is 9.90 Å². The highest BCUT2D eigenvalue weighted by atomic mass is 16.4. The minimum atomic E-state index is -0.636. The molecular formula is C32H64O2. The number of rotatable bonds is 11. The van der Waals surface area contributed by atoms with Gasteiger partial charge in [0.2, 0.25) is 0 Å². The first-order chi connectivity index (χ1) is 16.1. The van der Waals surface area contributed by atoms with Gasteiger partial charge in [0.25, 0.3) is 0 Å². The second-order valence-corrected chi connectivity index (χ2v) is 12.2. The van der Waals surface area contributed by atoms with E-state index in [0.717, 1.165) is 30.1 Å². The lowest BCUT2D eigenvalue weighted by Crippen LogP contribution is -2.38. The Kier molecular flexibility index (Phi) is 16.0. The minimum absolute atomic E-state index is 0.328. The molecule has 5 unspecified atom stereocenters. The number of carboxylic acid groups (broad SMARTS) is 1. The number of carboxylic acids is 1. The molecule has 2 nitrogen and oxygen atoms in total. The van der Waals surface area contributed by atoms with E-state index in [1.165, 1.54) is 64.2 Å². The third-order valence-electron chi connectivity index (χ3n) is 9.82. The highest BCUT2D eigenvalue weighted by Crippen LogP contribution is 2.58. The number of aliphatic carboxylic acids is 1. The maximum Gasteiger partial charge on any atom is 0.303 e. The van der Waals surface area contributed by atoms with Crippen molar-refractivity contribution in [2.24, 2.45) is 46.3 Å². The molecule has 0 bridgehead atoms. The molecule has 0 radical (unpaired) electrons. The van der Waals surface area contributed by atoms with Crippen LogP contribution in [0.4, 0.5) is 0 Å². The Morgan fingerprint density at radius 3 is 1.91 bits per heavy atom. The van der Waals surface area contributed by atoms with E-state index in [0.29, 0.717) is 29.1 Å². The van der Waals surface area contributed by atoms with Crippen molar-refractivity contribution in [2.45, 2.75) is 153 Å². The van der Waals surface area contributed by atoms with Crippen LogP contribution in [0.5, 0.6) is 0 Å². The van der Waals surface area contributed by atoms with Crippen molar-refractivity contribution in [3.63, 3.8) is 0 Å². The Morgan fingerprint density at radius 2 is 1.44 bits per heavy atom. The zero-order valence-electron chi connectivity index (χ0n) is 25.3. The van der Waals surface area contributed by atoms with E-state index < -0.39 is 5.97 Å². The van der Waals surface area contributed by atoms with Crippen LogP contribution in [0, 0.1) is 46.3 Å². The van der Waals surface area contributed by atoms with Crippen LogP contribution in [-0.4, -0.2) is 11.1 Å². The molecule has 7 atom stereocenters. The summed E-state index contributed by atoms with van der Waals surface area (Å²) in [5, 5.41) is 9.17. The summed E-state index contributed by atoms with van der Waals surface area (Å²) in [4.78, 5) is 11.1. The highest BCUT2D eigenvalue weighted by Gasteiger charge is 2.50. The molecule has 0 aromatic heterocycles. The molecule has 204 valence electrons. The van der Waals surface area contributed by atoms with Crippen LogP contribution in [0.3, 0.4) is 0 Å². The second-order valence-electron chi connectivity index (χ2n) is 12.2. The standard InChI is InChI=1S/C28H52O2.2C2H6/c1-8-17-28(7)23(20(3)13-16-26(29)30)14-15-24(28)21(4)19-22(9-2)25-12-10-11-18-27(25,5)6;2*1-2/h20-25H,8-19H2,1-7H3,(H,29,30);2*1-2H3/t20-,21?,22+,23?,24?,25?,28?;;/m1../s1. The fourth-order valence-corrected chi connectivity index (χ4v) is 8.28. The zero-order chi connectivity index (χ0) is 26.5. The molecule has 2 saturated carbocycles. The Balaban J connectivity index is 0.00000258. The normalized spacial score (nSPS) is 30.7. The van der Waals surface area contributed by atoms with Gasteiger partial charge >= 0.3 is 5.97 Å². The predicted molar refractivity (Wildman–Crippen MR) is 151 cm³/mol. The molecule has 2 aliphatic rings. The lowest BCUT2D eigenvalue weighted by Gasteiger charge is -2.46. The van der Waals surface area contributed by atoms with Crippen molar-refractivity contribution in [1.82, 2.24) is 0 Å². The van der Waals surface area contributed by atoms with E-state index in [1.54, 1.807) is 0 Å². The fourth-order valence-electron chi connectivity index (χ4n) is 8.28. The van der Waals surface area contributed by atoms with Gasteiger partial charge in [-0.1, -0.05) is 102 Å². The lowest BCUT2D eigenvalue weighted by molar-refractivity contribution is -0.137. The summed E-state index contributed by atoms with van der Waals surface area (Å²) in [5.41, 5.74) is 0.890. The van der Waals surface area contributed by atoms with Crippen molar-refractivity contribution in [1.29, 1.82) is 0 Å². The van der Waals surface area contributed by atoms with Gasteiger partial charge in [0, 0.05) is 6.42 Å². The van der Waals surface area contributed by atoms with Crippen molar-refractivity contribution in [3.05, 3.63) is 0 Å².